The first kappa shape index (κ1) is 21.6. The molecule has 29 heavy (non-hydrogen) atoms. The zero-order valence-corrected chi connectivity index (χ0v) is 15.8. The molecule has 0 atom stereocenters. The van der Waals surface area contributed by atoms with Gasteiger partial charge in [-0.2, -0.15) is 9.59 Å². The second kappa shape index (κ2) is 10.0. The van der Waals surface area contributed by atoms with Crippen LogP contribution in [0.3, 0.4) is 0 Å². The van der Waals surface area contributed by atoms with Crippen molar-refractivity contribution in [2.45, 2.75) is 20.3 Å². The Morgan fingerprint density at radius 1 is 1.07 bits per heavy atom. The number of carbonyl (C=O) groups is 1. The molecule has 1 amide bonds. The van der Waals surface area contributed by atoms with Crippen LogP contribution in [0.5, 0.6) is 0 Å². The first-order chi connectivity index (χ1) is 13.9. The number of rotatable bonds is 4. The van der Waals surface area contributed by atoms with Crippen LogP contribution >= 0.6 is 0 Å². The highest BCUT2D eigenvalue weighted by Crippen LogP contribution is 2.24. The Kier molecular flexibility index (Phi) is 7.46. The third-order valence-electron chi connectivity index (χ3n) is 4.20. The van der Waals surface area contributed by atoms with Gasteiger partial charge >= 0.3 is 6.15 Å². The number of halogens is 2. The van der Waals surface area contributed by atoms with E-state index in [0.717, 1.165) is 35.4 Å². The lowest BCUT2D eigenvalue weighted by atomic mass is 10.0. The van der Waals surface area contributed by atoms with E-state index in [2.05, 4.69) is 29.4 Å². The van der Waals surface area contributed by atoms with Crippen LogP contribution in [0.1, 0.15) is 28.4 Å². The fourth-order valence-corrected chi connectivity index (χ4v) is 2.70. The Bertz CT molecular complexity index is 1020. The number of aryl methyl sites for hydroxylation is 2. The summed E-state index contributed by atoms with van der Waals surface area (Å²) in [5.41, 5.74) is 3.85. The highest BCUT2D eigenvalue weighted by atomic mass is 19.1. The molecule has 2 aromatic carbocycles. The van der Waals surface area contributed by atoms with Gasteiger partial charge in [0.15, 0.2) is 0 Å². The Morgan fingerprint density at radius 2 is 1.72 bits per heavy atom. The van der Waals surface area contributed by atoms with Crippen LogP contribution in [0.2, 0.25) is 0 Å². The van der Waals surface area contributed by atoms with Gasteiger partial charge in [-0.1, -0.05) is 25.1 Å². The van der Waals surface area contributed by atoms with Crippen LogP contribution < -0.4 is 5.32 Å². The third-order valence-corrected chi connectivity index (χ3v) is 4.20. The van der Waals surface area contributed by atoms with E-state index in [1.54, 1.807) is 12.1 Å². The fraction of sp³-hybridized carbons (Fsp3) is 0.136. The van der Waals surface area contributed by atoms with Crippen LogP contribution in [-0.4, -0.2) is 17.0 Å². The summed E-state index contributed by atoms with van der Waals surface area (Å²) in [7, 11) is 0. The molecule has 148 valence electrons. The van der Waals surface area contributed by atoms with E-state index in [-0.39, 0.29) is 6.15 Å². The number of anilines is 1. The van der Waals surface area contributed by atoms with Crippen molar-refractivity contribution >= 4 is 17.7 Å². The summed E-state index contributed by atoms with van der Waals surface area (Å²) in [6, 6.07) is 13.0. The minimum Gasteiger partial charge on any atom is -0.320 e. The number of nitrogens with zero attached hydrogens (tertiary/aromatic N) is 1. The van der Waals surface area contributed by atoms with Gasteiger partial charge in [-0.25, -0.2) is 8.78 Å². The maximum absolute atomic E-state index is 13.7. The van der Waals surface area contributed by atoms with E-state index in [0.29, 0.717) is 5.69 Å². The molecule has 1 N–H and O–H groups in total. The predicted molar refractivity (Wildman–Crippen MR) is 103 cm³/mol. The number of benzene rings is 2. The largest absolute Gasteiger partial charge is 0.373 e. The summed E-state index contributed by atoms with van der Waals surface area (Å²) >= 11 is 0. The van der Waals surface area contributed by atoms with Gasteiger partial charge in [0.05, 0.1) is 17.6 Å². The Hall–Kier alpha value is -3.70. The van der Waals surface area contributed by atoms with E-state index < -0.39 is 23.1 Å². The molecule has 0 aliphatic heterocycles. The van der Waals surface area contributed by atoms with Crippen LogP contribution in [0.15, 0.2) is 54.7 Å². The van der Waals surface area contributed by atoms with Gasteiger partial charge in [-0.15, -0.1) is 0 Å². The average molecular weight is 396 g/mol. The molecular weight excluding hydrogens is 378 g/mol. The smallest absolute Gasteiger partial charge is 0.320 e. The first-order valence-electron chi connectivity index (χ1n) is 8.71. The maximum atomic E-state index is 13.7. The molecule has 0 aliphatic carbocycles. The lowest BCUT2D eigenvalue weighted by Crippen LogP contribution is -2.15. The van der Waals surface area contributed by atoms with Crippen LogP contribution in [0, 0.1) is 18.6 Å². The monoisotopic (exact) mass is 396 g/mol. The van der Waals surface area contributed by atoms with Crippen molar-refractivity contribution in [3.8, 4) is 11.3 Å². The zero-order valence-electron chi connectivity index (χ0n) is 15.8. The SMILES string of the molecule is CCc1ccc(C)c(-c2ccc(NC(=O)c3c(F)cccc3F)cn2)c1.O=C=O. The normalized spacial score (nSPS) is 9.79. The number of hydrogen-bond acceptors (Lipinski definition) is 4. The van der Waals surface area contributed by atoms with Crippen LogP contribution in [0.25, 0.3) is 11.3 Å². The molecule has 5 nitrogen and oxygen atoms in total. The quantitative estimate of drug-likeness (QED) is 0.701. The van der Waals surface area contributed by atoms with Crippen molar-refractivity contribution in [3.63, 3.8) is 0 Å². The molecule has 0 bridgehead atoms. The highest BCUT2D eigenvalue weighted by Gasteiger charge is 2.17. The highest BCUT2D eigenvalue weighted by molar-refractivity contribution is 6.04. The summed E-state index contributed by atoms with van der Waals surface area (Å²) in [5.74, 6) is -2.66. The summed E-state index contributed by atoms with van der Waals surface area (Å²) in [5, 5.41) is 2.47. The van der Waals surface area contributed by atoms with Crippen molar-refractivity contribution in [1.82, 2.24) is 4.98 Å². The molecule has 7 heteroatoms. The van der Waals surface area contributed by atoms with Crippen molar-refractivity contribution in [1.29, 1.82) is 0 Å². The summed E-state index contributed by atoms with van der Waals surface area (Å²) in [6.07, 6.45) is 2.65. The first-order valence-corrected chi connectivity index (χ1v) is 8.71. The fourth-order valence-electron chi connectivity index (χ4n) is 2.70. The minimum atomic E-state index is -0.904. The van der Waals surface area contributed by atoms with Crippen molar-refractivity contribution in [3.05, 3.63) is 83.1 Å². The second-order valence-corrected chi connectivity index (χ2v) is 6.07. The Balaban J connectivity index is 0.000000941. The van der Waals surface area contributed by atoms with Gasteiger partial charge in [0.25, 0.3) is 5.91 Å². The molecule has 0 spiro atoms. The second-order valence-electron chi connectivity index (χ2n) is 6.07. The molecule has 0 fully saturated rings. The summed E-state index contributed by atoms with van der Waals surface area (Å²) < 4.78 is 27.4. The lowest BCUT2D eigenvalue weighted by Gasteiger charge is -2.10. The molecule has 3 rings (SSSR count). The topological polar surface area (TPSA) is 76.1 Å². The summed E-state index contributed by atoms with van der Waals surface area (Å²) in [6.45, 7) is 4.09. The zero-order chi connectivity index (χ0) is 21.4. The molecule has 0 saturated heterocycles. The Labute approximate surface area is 166 Å². The maximum Gasteiger partial charge on any atom is 0.373 e. The molecule has 0 saturated carbocycles. The van der Waals surface area contributed by atoms with Crippen molar-refractivity contribution < 1.29 is 23.2 Å². The van der Waals surface area contributed by atoms with Gasteiger partial charge in [-0.3, -0.25) is 9.78 Å². The van der Waals surface area contributed by atoms with E-state index >= 15 is 0 Å². The third kappa shape index (κ3) is 5.40. The molecule has 1 aromatic heterocycles. The molecular formula is C22H18F2N2O3. The molecule has 3 aromatic rings. The van der Waals surface area contributed by atoms with Crippen molar-refractivity contribution in [2.75, 3.05) is 5.32 Å². The predicted octanol–water partition coefficient (Wildman–Crippen LogP) is 4.57. The van der Waals surface area contributed by atoms with Gasteiger partial charge in [-0.05, 0) is 54.8 Å². The van der Waals surface area contributed by atoms with E-state index in [4.69, 9.17) is 9.59 Å². The average Bonchev–Trinajstić information content (AvgIpc) is 2.69. The molecule has 0 unspecified atom stereocenters. The molecule has 0 aliphatic rings. The van der Waals surface area contributed by atoms with E-state index in [1.165, 1.54) is 17.8 Å². The number of pyridine rings is 1. The molecule has 0 radical (unpaired) electrons. The number of carbonyl (C=O) groups excluding carboxylic acids is 3. The summed E-state index contributed by atoms with van der Waals surface area (Å²) in [4.78, 5) is 32.8. The number of aromatic nitrogens is 1. The van der Waals surface area contributed by atoms with Gasteiger partial charge in [0.2, 0.25) is 0 Å². The Morgan fingerprint density at radius 3 is 2.28 bits per heavy atom. The lowest BCUT2D eigenvalue weighted by molar-refractivity contribution is -0.191. The van der Waals surface area contributed by atoms with E-state index in [1.807, 2.05) is 13.0 Å². The van der Waals surface area contributed by atoms with Gasteiger partial charge < -0.3 is 5.32 Å². The van der Waals surface area contributed by atoms with Crippen LogP contribution in [-0.2, 0) is 16.0 Å². The van der Waals surface area contributed by atoms with Crippen molar-refractivity contribution in [2.24, 2.45) is 0 Å². The number of amides is 1. The number of nitrogens with one attached hydrogen (secondary N) is 1. The van der Waals surface area contributed by atoms with Gasteiger partial charge in [0.1, 0.15) is 17.2 Å². The minimum absolute atomic E-state index is 0.250. The standard InChI is InChI=1S/C21H18F2N2O.CO2/c1-3-14-8-7-13(2)16(11-14)19-10-9-15(12-24-19)25-21(26)20-17(22)5-4-6-18(20)23;2-1-3/h4-12H,3H2,1-2H3,(H,25,26);. The number of hydrogen-bond donors (Lipinski definition) is 1. The van der Waals surface area contributed by atoms with E-state index in [9.17, 15) is 13.6 Å². The molecule has 1 heterocycles. The van der Waals surface area contributed by atoms with Crippen LogP contribution in [0.4, 0.5) is 14.5 Å². The van der Waals surface area contributed by atoms with Gasteiger partial charge in [0, 0.05) is 5.56 Å².